The van der Waals surface area contributed by atoms with Gasteiger partial charge in [-0.15, -0.1) is 0 Å². The highest BCUT2D eigenvalue weighted by Crippen LogP contribution is 2.25. The van der Waals surface area contributed by atoms with Crippen LogP contribution in [0.25, 0.3) is 0 Å². The van der Waals surface area contributed by atoms with E-state index in [1.165, 1.54) is 35.2 Å². The summed E-state index contributed by atoms with van der Waals surface area (Å²) in [6.45, 7) is 6.29. The standard InChI is InChI=1S/C10H15N3O2.C8H9Cl2N3O.C5H13N3O.C3H9N3O/c1-3-15-9-6-4-8(5-7-9)12-10(14)13(2)11;1-13(11)8(14)12-7-4-5(9)2-3-6(7)10;1-4(2)7-5(9)8(3)6;1-5-3(7)6(2)4/h4-7H,3,11H2,1-2H3,(H,12,14);2-4H,11H2,1H3,(H,12,14);4H,6H2,1-3H3,(H,7,9);4H2,1-2H3,(H,5,7). The summed E-state index contributed by atoms with van der Waals surface area (Å²) >= 11 is 11.5. The fourth-order valence-electron chi connectivity index (χ4n) is 2.33. The van der Waals surface area contributed by atoms with Gasteiger partial charge in [0.15, 0.2) is 0 Å². The molecule has 0 heterocycles. The number of hydrogen-bond donors (Lipinski definition) is 8. The van der Waals surface area contributed by atoms with Gasteiger partial charge in [0.1, 0.15) is 5.75 Å². The third kappa shape index (κ3) is 21.1. The minimum atomic E-state index is -0.464. The fraction of sp³-hybridized carbons (Fsp3) is 0.385. The van der Waals surface area contributed by atoms with Crippen molar-refractivity contribution in [3.8, 4) is 5.75 Å². The number of amides is 8. The molecule has 0 aliphatic carbocycles. The van der Waals surface area contributed by atoms with Crippen molar-refractivity contribution in [1.29, 1.82) is 0 Å². The molecule has 0 aliphatic rings. The van der Waals surface area contributed by atoms with Crippen LogP contribution in [0.4, 0.5) is 30.6 Å². The predicted octanol–water partition coefficient (Wildman–Crippen LogP) is 2.79. The Kier molecular flexibility index (Phi) is 22.1. The maximum absolute atomic E-state index is 11.2. The number of benzene rings is 2. The van der Waals surface area contributed by atoms with E-state index in [1.807, 2.05) is 20.8 Å². The summed E-state index contributed by atoms with van der Waals surface area (Å²) in [6.07, 6.45) is 0. The summed E-state index contributed by atoms with van der Waals surface area (Å²) in [4.78, 5) is 43.2. The number of hydrogen-bond acceptors (Lipinski definition) is 9. The van der Waals surface area contributed by atoms with E-state index < -0.39 is 6.03 Å². The molecule has 0 saturated heterocycles. The van der Waals surface area contributed by atoms with Crippen LogP contribution < -0.4 is 49.4 Å². The quantitative estimate of drug-likeness (QED) is 0.132. The molecule has 0 radical (unpaired) electrons. The maximum Gasteiger partial charge on any atom is 0.335 e. The molecule has 0 bridgehead atoms. The van der Waals surface area contributed by atoms with E-state index in [0.717, 1.165) is 25.8 Å². The van der Waals surface area contributed by atoms with Crippen LogP contribution in [-0.4, -0.2) is 92.0 Å². The van der Waals surface area contributed by atoms with Gasteiger partial charge in [0.25, 0.3) is 0 Å². The molecule has 45 heavy (non-hydrogen) atoms. The molecule has 19 heteroatoms. The SMILES string of the molecule is CC(C)NC(=O)N(C)N.CCOc1ccc(NC(=O)N(C)N)cc1.CN(N)C(=O)Nc1cc(Cl)ccc1Cl.CNC(=O)N(C)N. The molecule has 0 fully saturated rings. The number of ether oxygens (including phenoxy) is 1. The molecule has 8 amide bonds. The van der Waals surface area contributed by atoms with Gasteiger partial charge >= 0.3 is 24.1 Å². The molecule has 254 valence electrons. The Morgan fingerprint density at radius 1 is 0.756 bits per heavy atom. The van der Waals surface area contributed by atoms with E-state index in [0.29, 0.717) is 28.0 Å². The number of carbonyl (C=O) groups is 4. The molecule has 0 aromatic heterocycles. The number of nitrogens with zero attached hydrogens (tertiary/aromatic N) is 4. The van der Waals surface area contributed by atoms with E-state index in [1.54, 1.807) is 42.5 Å². The Balaban J connectivity index is 0. The molecule has 0 spiro atoms. The van der Waals surface area contributed by atoms with Gasteiger partial charge in [0.05, 0.1) is 17.3 Å². The number of urea groups is 4. The van der Waals surface area contributed by atoms with Crippen molar-refractivity contribution in [2.75, 3.05) is 52.5 Å². The zero-order valence-electron chi connectivity index (χ0n) is 26.7. The third-order valence-corrected chi connectivity index (χ3v) is 5.06. The van der Waals surface area contributed by atoms with Gasteiger partial charge in [-0.1, -0.05) is 23.2 Å². The first-order valence-electron chi connectivity index (χ1n) is 13.1. The Hall–Kier alpha value is -4.26. The summed E-state index contributed by atoms with van der Waals surface area (Å²) in [5.41, 5.74) is 1.11. The van der Waals surface area contributed by atoms with Crippen LogP contribution >= 0.6 is 23.2 Å². The molecule has 0 aliphatic heterocycles. The van der Waals surface area contributed by atoms with Crippen LogP contribution in [0.3, 0.4) is 0 Å². The van der Waals surface area contributed by atoms with Crippen LogP contribution in [0.1, 0.15) is 20.8 Å². The number of anilines is 2. The van der Waals surface area contributed by atoms with E-state index in [9.17, 15) is 19.2 Å². The number of nitrogens with two attached hydrogens (primary N) is 4. The molecule has 2 aromatic rings. The van der Waals surface area contributed by atoms with Gasteiger partial charge in [-0.25, -0.2) is 42.5 Å². The lowest BCUT2D eigenvalue weighted by Crippen LogP contribution is -2.44. The average molecular weight is 678 g/mol. The number of nitrogens with one attached hydrogen (secondary N) is 4. The van der Waals surface area contributed by atoms with Crippen molar-refractivity contribution in [3.63, 3.8) is 0 Å². The van der Waals surface area contributed by atoms with Gasteiger partial charge < -0.3 is 26.0 Å². The maximum atomic E-state index is 11.2. The molecular weight excluding hydrogens is 631 g/mol. The van der Waals surface area contributed by atoms with Crippen LogP contribution in [0.15, 0.2) is 42.5 Å². The van der Waals surface area contributed by atoms with Crippen LogP contribution in [0, 0.1) is 0 Å². The van der Waals surface area contributed by atoms with Crippen molar-refractivity contribution in [1.82, 2.24) is 30.7 Å². The van der Waals surface area contributed by atoms with Gasteiger partial charge in [0, 0.05) is 52.0 Å². The Morgan fingerprint density at radius 2 is 1.22 bits per heavy atom. The molecule has 12 N–H and O–H groups in total. The number of rotatable bonds is 5. The average Bonchev–Trinajstić information content (AvgIpc) is 2.96. The van der Waals surface area contributed by atoms with Crippen molar-refractivity contribution in [2.24, 2.45) is 23.4 Å². The zero-order valence-corrected chi connectivity index (χ0v) is 28.2. The second-order valence-electron chi connectivity index (χ2n) is 9.04. The molecule has 0 unspecified atom stereocenters. The smallest absolute Gasteiger partial charge is 0.335 e. The van der Waals surface area contributed by atoms with Gasteiger partial charge in [-0.3, -0.25) is 20.0 Å². The summed E-state index contributed by atoms with van der Waals surface area (Å²) in [5.74, 6) is 21.3. The zero-order chi connectivity index (χ0) is 35.3. The van der Waals surface area contributed by atoms with Crippen LogP contribution in [0.5, 0.6) is 5.75 Å². The third-order valence-electron chi connectivity index (χ3n) is 4.49. The summed E-state index contributed by atoms with van der Waals surface area (Å²) < 4.78 is 5.27. The number of hydrazine groups is 4. The fourth-order valence-corrected chi connectivity index (χ4v) is 2.67. The molecule has 0 saturated carbocycles. The minimum Gasteiger partial charge on any atom is -0.494 e. The van der Waals surface area contributed by atoms with Crippen LogP contribution in [0.2, 0.25) is 10.0 Å². The lowest BCUT2D eigenvalue weighted by atomic mass is 10.3. The molecule has 2 aromatic carbocycles. The highest BCUT2D eigenvalue weighted by atomic mass is 35.5. The van der Waals surface area contributed by atoms with Crippen LogP contribution in [-0.2, 0) is 0 Å². The number of halogens is 2. The van der Waals surface area contributed by atoms with E-state index in [-0.39, 0.29) is 24.1 Å². The predicted molar refractivity (Wildman–Crippen MR) is 178 cm³/mol. The first-order valence-corrected chi connectivity index (χ1v) is 13.9. The highest BCUT2D eigenvalue weighted by molar-refractivity contribution is 6.35. The summed E-state index contributed by atoms with van der Waals surface area (Å²) in [5, 5.41) is 14.8. The van der Waals surface area contributed by atoms with Gasteiger partial charge in [0.2, 0.25) is 0 Å². The molecular formula is C26H46Cl2N12O5. The van der Waals surface area contributed by atoms with E-state index in [2.05, 4.69) is 21.3 Å². The van der Waals surface area contributed by atoms with Crippen molar-refractivity contribution >= 4 is 58.7 Å². The number of carbonyl (C=O) groups excluding carboxylic acids is 4. The molecule has 17 nitrogen and oxygen atoms in total. The largest absolute Gasteiger partial charge is 0.494 e. The monoisotopic (exact) mass is 676 g/mol. The summed E-state index contributed by atoms with van der Waals surface area (Å²) in [6, 6.07) is 10.6. The Labute approximate surface area is 273 Å². The highest BCUT2D eigenvalue weighted by Gasteiger charge is 2.08. The minimum absolute atomic E-state index is 0.142. The topological polar surface area (TPSA) is 243 Å². The summed E-state index contributed by atoms with van der Waals surface area (Å²) in [7, 11) is 7.39. The molecule has 2 rings (SSSR count). The van der Waals surface area contributed by atoms with Gasteiger partial charge in [-0.05, 0) is 63.2 Å². The van der Waals surface area contributed by atoms with Gasteiger partial charge in [-0.2, -0.15) is 0 Å². The second kappa shape index (κ2) is 23.2. The van der Waals surface area contributed by atoms with Crippen molar-refractivity contribution in [2.45, 2.75) is 26.8 Å². The van der Waals surface area contributed by atoms with E-state index in [4.69, 9.17) is 51.3 Å². The molecule has 0 atom stereocenters. The van der Waals surface area contributed by atoms with E-state index >= 15 is 0 Å². The Morgan fingerprint density at radius 3 is 1.58 bits per heavy atom. The first-order chi connectivity index (χ1) is 20.9. The van der Waals surface area contributed by atoms with Crippen molar-refractivity contribution in [3.05, 3.63) is 52.5 Å². The second-order valence-corrected chi connectivity index (χ2v) is 9.89. The lowest BCUT2D eigenvalue weighted by molar-refractivity contribution is 0.207. The first kappa shape index (κ1) is 42.9. The normalized spacial score (nSPS) is 9.31. The van der Waals surface area contributed by atoms with Crippen molar-refractivity contribution < 1.29 is 23.9 Å². The Bertz CT molecular complexity index is 1180. The lowest BCUT2D eigenvalue weighted by Gasteiger charge is -2.13.